The first-order valence-corrected chi connectivity index (χ1v) is 8.80. The smallest absolute Gasteiger partial charge is 0.211 e. The van der Waals surface area contributed by atoms with Gasteiger partial charge in [-0.15, -0.1) is 15.3 Å². The van der Waals surface area contributed by atoms with Gasteiger partial charge in [0.25, 0.3) is 0 Å². The highest BCUT2D eigenvalue weighted by molar-refractivity contribution is 5.91. The SMILES string of the molecule is CC1(Cn2nnc3c2N=C(C(C)(C)C)NC3N2CCC(O)C2)N=NN=N1. The number of hydrogen-bond donors (Lipinski definition) is 2. The molecule has 1 saturated heterocycles. The molecule has 0 amide bonds. The summed E-state index contributed by atoms with van der Waals surface area (Å²) in [4.78, 5) is 6.98. The van der Waals surface area contributed by atoms with Crippen molar-refractivity contribution in [1.82, 2.24) is 25.2 Å². The van der Waals surface area contributed by atoms with Crippen molar-refractivity contribution in [3.05, 3.63) is 5.69 Å². The summed E-state index contributed by atoms with van der Waals surface area (Å²) in [6.07, 6.45) is 0.274. The number of aliphatic hydroxyl groups excluding tert-OH is 1. The fourth-order valence-electron chi connectivity index (χ4n) is 3.31. The minimum absolute atomic E-state index is 0.165. The molecule has 0 bridgehead atoms. The fourth-order valence-corrected chi connectivity index (χ4v) is 3.31. The van der Waals surface area contributed by atoms with Crippen LogP contribution in [0.25, 0.3) is 0 Å². The van der Waals surface area contributed by atoms with Gasteiger partial charge in [-0.1, -0.05) is 26.0 Å². The molecule has 11 heteroatoms. The molecule has 4 rings (SSSR count). The number of amidine groups is 1. The molecular weight excluding hydrogens is 336 g/mol. The average molecular weight is 360 g/mol. The van der Waals surface area contributed by atoms with Crippen LogP contribution in [0.2, 0.25) is 0 Å². The maximum Gasteiger partial charge on any atom is 0.211 e. The Morgan fingerprint density at radius 2 is 2.00 bits per heavy atom. The van der Waals surface area contributed by atoms with Gasteiger partial charge in [0.05, 0.1) is 12.6 Å². The summed E-state index contributed by atoms with van der Waals surface area (Å²) in [6, 6.07) is 0. The zero-order valence-corrected chi connectivity index (χ0v) is 15.5. The first-order valence-electron chi connectivity index (χ1n) is 8.80. The lowest BCUT2D eigenvalue weighted by molar-refractivity contribution is 0.151. The number of aliphatic imine (C=N–C) groups is 1. The normalized spacial score (nSPS) is 27.5. The molecule has 1 fully saturated rings. The van der Waals surface area contributed by atoms with E-state index in [1.165, 1.54) is 0 Å². The zero-order valence-electron chi connectivity index (χ0n) is 15.5. The van der Waals surface area contributed by atoms with Crippen LogP contribution in [0.5, 0.6) is 0 Å². The topological polar surface area (TPSA) is 128 Å². The van der Waals surface area contributed by atoms with Gasteiger partial charge in [0.2, 0.25) is 5.66 Å². The lowest BCUT2D eigenvalue weighted by Gasteiger charge is -2.35. The van der Waals surface area contributed by atoms with Crippen LogP contribution in [0.15, 0.2) is 25.7 Å². The molecule has 2 atom stereocenters. The van der Waals surface area contributed by atoms with Crippen LogP contribution in [0, 0.1) is 5.41 Å². The third-order valence-corrected chi connectivity index (χ3v) is 4.76. The summed E-state index contributed by atoms with van der Waals surface area (Å²) in [5, 5.41) is 37.4. The molecule has 1 aromatic heterocycles. The summed E-state index contributed by atoms with van der Waals surface area (Å²) in [6.45, 7) is 9.91. The van der Waals surface area contributed by atoms with Crippen LogP contribution < -0.4 is 5.32 Å². The summed E-state index contributed by atoms with van der Waals surface area (Å²) >= 11 is 0. The van der Waals surface area contributed by atoms with E-state index in [2.05, 4.69) is 62.0 Å². The average Bonchev–Trinajstić information content (AvgIpc) is 3.27. The molecule has 0 aliphatic carbocycles. The van der Waals surface area contributed by atoms with Gasteiger partial charge < -0.3 is 10.4 Å². The predicted molar refractivity (Wildman–Crippen MR) is 92.8 cm³/mol. The van der Waals surface area contributed by atoms with E-state index >= 15 is 0 Å². The van der Waals surface area contributed by atoms with Crippen molar-refractivity contribution >= 4 is 11.7 Å². The van der Waals surface area contributed by atoms with Crippen LogP contribution >= 0.6 is 0 Å². The molecule has 2 N–H and O–H groups in total. The number of hydrogen-bond acceptors (Lipinski definition) is 10. The first kappa shape index (κ1) is 17.2. The molecule has 2 unspecified atom stereocenters. The second-order valence-electron chi connectivity index (χ2n) is 8.25. The largest absolute Gasteiger partial charge is 0.392 e. The number of likely N-dealkylation sites (tertiary alicyclic amines) is 1. The Kier molecular flexibility index (Phi) is 3.88. The molecule has 11 nitrogen and oxygen atoms in total. The van der Waals surface area contributed by atoms with Gasteiger partial charge in [0, 0.05) is 18.5 Å². The summed E-state index contributed by atoms with van der Waals surface area (Å²) in [7, 11) is 0. The van der Waals surface area contributed by atoms with Gasteiger partial charge in [0.1, 0.15) is 17.7 Å². The number of aromatic nitrogens is 3. The number of aliphatic hydroxyl groups is 1. The molecule has 4 heterocycles. The van der Waals surface area contributed by atoms with Crippen LogP contribution in [-0.2, 0) is 6.54 Å². The van der Waals surface area contributed by atoms with E-state index < -0.39 is 5.66 Å². The minimum atomic E-state index is -0.789. The Morgan fingerprint density at radius 1 is 1.27 bits per heavy atom. The molecule has 1 aromatic rings. The summed E-state index contributed by atoms with van der Waals surface area (Å²) in [5.41, 5.74) is -0.203. The lowest BCUT2D eigenvalue weighted by atomic mass is 9.93. The molecule has 0 saturated carbocycles. The number of β-amino-alcohol motifs (C(OH)–C–C–N with tert-alkyl or cyclic N) is 1. The fraction of sp³-hybridized carbons (Fsp3) is 0.800. The van der Waals surface area contributed by atoms with Crippen molar-refractivity contribution in [1.29, 1.82) is 0 Å². The van der Waals surface area contributed by atoms with E-state index in [-0.39, 0.29) is 17.7 Å². The van der Waals surface area contributed by atoms with Crippen LogP contribution in [-0.4, -0.2) is 55.7 Å². The van der Waals surface area contributed by atoms with Crippen LogP contribution in [0.3, 0.4) is 0 Å². The molecule has 3 aliphatic rings. The standard InChI is InChI=1S/C15H24N10O/c1-14(2,3)13-16-11(24-6-5-9(26)7-24)10-12(17-13)25(23-18-10)8-15(4)19-21-22-20-15/h9,11,26H,5-8H2,1-4H3,(H,16,17). The summed E-state index contributed by atoms with van der Waals surface area (Å²) < 4.78 is 1.71. The van der Waals surface area contributed by atoms with Crippen LogP contribution in [0.1, 0.15) is 46.0 Å². The monoisotopic (exact) mass is 360 g/mol. The van der Waals surface area contributed by atoms with Crippen molar-refractivity contribution in [2.24, 2.45) is 31.1 Å². The molecular formula is C15H24N10O. The number of nitrogens with zero attached hydrogens (tertiary/aromatic N) is 9. The van der Waals surface area contributed by atoms with Gasteiger partial charge >= 0.3 is 0 Å². The van der Waals surface area contributed by atoms with Crippen LogP contribution in [0.4, 0.5) is 5.82 Å². The maximum atomic E-state index is 9.95. The van der Waals surface area contributed by atoms with Gasteiger partial charge in [-0.25, -0.2) is 9.67 Å². The van der Waals surface area contributed by atoms with E-state index in [0.29, 0.717) is 18.9 Å². The zero-order chi connectivity index (χ0) is 18.5. The molecule has 140 valence electrons. The van der Waals surface area contributed by atoms with E-state index in [0.717, 1.165) is 24.5 Å². The predicted octanol–water partition coefficient (Wildman–Crippen LogP) is 1.57. The van der Waals surface area contributed by atoms with E-state index in [1.54, 1.807) is 4.68 Å². The van der Waals surface area contributed by atoms with Crippen molar-refractivity contribution in [3.63, 3.8) is 0 Å². The third kappa shape index (κ3) is 3.01. The Hall–Kier alpha value is -2.27. The molecule has 0 radical (unpaired) electrons. The highest BCUT2D eigenvalue weighted by Gasteiger charge is 2.39. The Labute approximate surface area is 151 Å². The van der Waals surface area contributed by atoms with Gasteiger partial charge in [-0.05, 0) is 23.8 Å². The summed E-state index contributed by atoms with van der Waals surface area (Å²) in [5.74, 6) is 1.55. The molecule has 0 spiro atoms. The number of fused-ring (bicyclic) bond motifs is 1. The third-order valence-electron chi connectivity index (χ3n) is 4.76. The van der Waals surface area contributed by atoms with Gasteiger partial charge in [-0.3, -0.25) is 4.90 Å². The highest BCUT2D eigenvalue weighted by atomic mass is 16.3. The quantitative estimate of drug-likeness (QED) is 0.845. The van der Waals surface area contributed by atoms with Crippen molar-refractivity contribution < 1.29 is 5.11 Å². The molecule has 0 aromatic carbocycles. The van der Waals surface area contributed by atoms with Gasteiger partial charge in [0.15, 0.2) is 5.82 Å². The highest BCUT2D eigenvalue weighted by Crippen LogP contribution is 2.36. The Balaban J connectivity index is 1.72. The van der Waals surface area contributed by atoms with Gasteiger partial charge in [-0.2, -0.15) is 0 Å². The van der Waals surface area contributed by atoms with E-state index in [9.17, 15) is 5.11 Å². The van der Waals surface area contributed by atoms with Crippen molar-refractivity contribution in [3.8, 4) is 0 Å². The minimum Gasteiger partial charge on any atom is -0.392 e. The Bertz CT molecular complexity index is 777. The number of nitrogens with one attached hydrogen (secondary N) is 1. The molecule has 26 heavy (non-hydrogen) atoms. The molecule has 3 aliphatic heterocycles. The second kappa shape index (κ2) is 5.88. The first-order chi connectivity index (χ1) is 12.3. The number of rotatable bonds is 3. The van der Waals surface area contributed by atoms with Crippen molar-refractivity contribution in [2.45, 2.75) is 58.6 Å². The second-order valence-corrected chi connectivity index (χ2v) is 8.25. The van der Waals surface area contributed by atoms with Crippen molar-refractivity contribution in [2.75, 3.05) is 13.1 Å². The lowest BCUT2D eigenvalue weighted by Crippen LogP contribution is -2.47. The van der Waals surface area contributed by atoms with E-state index in [1.807, 2.05) is 6.92 Å². The maximum absolute atomic E-state index is 9.95. The van der Waals surface area contributed by atoms with E-state index in [4.69, 9.17) is 4.99 Å². The Morgan fingerprint density at radius 3 is 2.62 bits per heavy atom.